The van der Waals surface area contributed by atoms with Crippen molar-refractivity contribution >= 4 is 34.3 Å². The van der Waals surface area contributed by atoms with Crippen LogP contribution in [0.3, 0.4) is 0 Å². The minimum Gasteiger partial charge on any atom is -0.430 e. The van der Waals surface area contributed by atoms with Gasteiger partial charge in [-0.3, -0.25) is 0 Å². The Hall–Kier alpha value is -0.910. The highest BCUT2D eigenvalue weighted by molar-refractivity contribution is 7.85. The van der Waals surface area contributed by atoms with Gasteiger partial charge in [-0.05, 0) is 25.1 Å². The quantitative estimate of drug-likeness (QED) is 0.904. The minimum absolute atomic E-state index is 0. The van der Waals surface area contributed by atoms with Crippen molar-refractivity contribution in [3.05, 3.63) is 24.3 Å². The largest absolute Gasteiger partial charge is 0.430 e. The maximum Gasteiger partial charge on any atom is 0.288 e. The number of rotatable bonds is 2. The molecule has 1 aliphatic rings. The van der Waals surface area contributed by atoms with Crippen molar-refractivity contribution in [2.24, 2.45) is 0 Å². The molecule has 1 fully saturated rings. The van der Waals surface area contributed by atoms with Crippen LogP contribution in [0.4, 0.5) is 0 Å². The van der Waals surface area contributed by atoms with Gasteiger partial charge in [0.25, 0.3) is 5.22 Å². The first-order valence-corrected chi connectivity index (χ1v) is 6.53. The van der Waals surface area contributed by atoms with Crippen LogP contribution in [0.1, 0.15) is 6.42 Å². The van der Waals surface area contributed by atoms with E-state index in [0.29, 0.717) is 10.8 Å². The molecule has 1 aliphatic heterocycles. The van der Waals surface area contributed by atoms with E-state index in [-0.39, 0.29) is 17.7 Å². The van der Waals surface area contributed by atoms with E-state index in [1.54, 1.807) is 0 Å². The lowest BCUT2D eigenvalue weighted by Gasteiger charge is -2.02. The maximum atomic E-state index is 12.1. The molecule has 0 radical (unpaired) electrons. The van der Waals surface area contributed by atoms with Gasteiger partial charge in [0.15, 0.2) is 5.58 Å². The monoisotopic (exact) mass is 272 g/mol. The van der Waals surface area contributed by atoms with Crippen LogP contribution in [0.2, 0.25) is 0 Å². The van der Waals surface area contributed by atoms with Gasteiger partial charge in [-0.15, -0.1) is 12.4 Å². The van der Waals surface area contributed by atoms with Gasteiger partial charge in [-0.25, -0.2) is 9.19 Å². The lowest BCUT2D eigenvalue weighted by atomic mass is 10.3. The van der Waals surface area contributed by atoms with Crippen molar-refractivity contribution < 1.29 is 8.63 Å². The summed E-state index contributed by atoms with van der Waals surface area (Å²) in [5.74, 6) is 0. The summed E-state index contributed by atoms with van der Waals surface area (Å²) >= 11 is 0. The number of aromatic nitrogens is 1. The first-order chi connectivity index (χ1) is 7.84. The molecule has 3 rings (SSSR count). The topological polar surface area (TPSA) is 55.1 Å². The van der Waals surface area contributed by atoms with Crippen molar-refractivity contribution in [1.82, 2.24) is 10.3 Å². The molecule has 0 amide bonds. The highest BCUT2D eigenvalue weighted by Gasteiger charge is 2.25. The second kappa shape index (κ2) is 5.16. The first kappa shape index (κ1) is 12.5. The summed E-state index contributed by atoms with van der Waals surface area (Å²) in [4.78, 5) is 4.26. The lowest BCUT2D eigenvalue weighted by Crippen LogP contribution is -2.18. The predicted octanol–water partition coefficient (Wildman–Crippen LogP) is 1.72. The van der Waals surface area contributed by atoms with Gasteiger partial charge in [-0.1, -0.05) is 12.1 Å². The van der Waals surface area contributed by atoms with Crippen molar-refractivity contribution in [3.8, 4) is 0 Å². The normalized spacial score (nSPS) is 21.3. The Morgan fingerprint density at radius 3 is 2.94 bits per heavy atom. The van der Waals surface area contributed by atoms with Crippen LogP contribution in [0.5, 0.6) is 0 Å². The Morgan fingerprint density at radius 2 is 2.24 bits per heavy atom. The SMILES string of the molecule is Cl.O=S(c1nc2ccccc2o1)[C@H]1CCNC1. The van der Waals surface area contributed by atoms with Crippen LogP contribution < -0.4 is 5.32 Å². The molecule has 92 valence electrons. The molecular weight excluding hydrogens is 260 g/mol. The molecule has 1 saturated heterocycles. The van der Waals surface area contributed by atoms with Crippen LogP contribution in [0.15, 0.2) is 33.9 Å². The molecule has 6 heteroatoms. The highest BCUT2D eigenvalue weighted by Crippen LogP contribution is 2.20. The van der Waals surface area contributed by atoms with Crippen LogP contribution >= 0.6 is 12.4 Å². The van der Waals surface area contributed by atoms with Crippen molar-refractivity contribution in [2.75, 3.05) is 13.1 Å². The number of benzene rings is 1. The number of hydrogen-bond donors (Lipinski definition) is 1. The number of para-hydroxylation sites is 2. The van der Waals surface area contributed by atoms with E-state index >= 15 is 0 Å². The van der Waals surface area contributed by atoms with Crippen LogP contribution in [0.25, 0.3) is 11.1 Å². The molecule has 4 nitrogen and oxygen atoms in total. The fourth-order valence-electron chi connectivity index (χ4n) is 1.89. The average molecular weight is 273 g/mol. The molecule has 0 aliphatic carbocycles. The number of hydrogen-bond acceptors (Lipinski definition) is 4. The number of nitrogens with zero attached hydrogens (tertiary/aromatic N) is 1. The van der Waals surface area contributed by atoms with Crippen LogP contribution in [0, 0.1) is 0 Å². The fraction of sp³-hybridized carbons (Fsp3) is 0.364. The van der Waals surface area contributed by atoms with E-state index in [9.17, 15) is 4.21 Å². The van der Waals surface area contributed by atoms with Crippen molar-refractivity contribution in [2.45, 2.75) is 16.9 Å². The second-order valence-electron chi connectivity index (χ2n) is 3.86. The Balaban J connectivity index is 0.00000108. The van der Waals surface area contributed by atoms with Gasteiger partial charge in [0.1, 0.15) is 16.3 Å². The molecule has 0 saturated carbocycles. The molecule has 17 heavy (non-hydrogen) atoms. The van der Waals surface area contributed by atoms with E-state index in [1.165, 1.54) is 0 Å². The first-order valence-electron chi connectivity index (χ1n) is 5.31. The number of nitrogens with one attached hydrogen (secondary N) is 1. The lowest BCUT2D eigenvalue weighted by molar-refractivity contribution is 0.475. The molecule has 2 heterocycles. The molecule has 1 aromatic heterocycles. The van der Waals surface area contributed by atoms with Crippen LogP contribution in [-0.2, 0) is 10.8 Å². The fourth-order valence-corrected chi connectivity index (χ4v) is 3.14. The Labute approximate surface area is 108 Å². The molecule has 2 aromatic rings. The Bertz CT molecular complexity index is 504. The summed E-state index contributed by atoms with van der Waals surface area (Å²) in [7, 11) is -1.13. The second-order valence-corrected chi connectivity index (χ2v) is 5.47. The molecule has 2 atom stereocenters. The van der Waals surface area contributed by atoms with E-state index in [4.69, 9.17) is 4.42 Å². The minimum atomic E-state index is -1.13. The summed E-state index contributed by atoms with van der Waals surface area (Å²) in [6.45, 7) is 1.71. The van der Waals surface area contributed by atoms with Gasteiger partial charge in [0, 0.05) is 6.54 Å². The highest BCUT2D eigenvalue weighted by atomic mass is 35.5. The third kappa shape index (κ3) is 2.36. The molecular formula is C11H13ClN2O2S. The molecule has 1 aromatic carbocycles. The molecule has 0 spiro atoms. The molecule has 0 bridgehead atoms. The number of halogens is 1. The van der Waals surface area contributed by atoms with Crippen molar-refractivity contribution in [1.29, 1.82) is 0 Å². The zero-order chi connectivity index (χ0) is 11.0. The van der Waals surface area contributed by atoms with E-state index in [1.807, 2.05) is 24.3 Å². The van der Waals surface area contributed by atoms with E-state index in [2.05, 4.69) is 10.3 Å². The molecule has 1 unspecified atom stereocenters. The zero-order valence-electron chi connectivity index (χ0n) is 9.09. The third-order valence-electron chi connectivity index (χ3n) is 2.76. The summed E-state index contributed by atoms with van der Waals surface area (Å²) in [5, 5.41) is 3.68. The van der Waals surface area contributed by atoms with Gasteiger partial charge < -0.3 is 9.73 Å². The van der Waals surface area contributed by atoms with Crippen molar-refractivity contribution in [3.63, 3.8) is 0 Å². The van der Waals surface area contributed by atoms with E-state index in [0.717, 1.165) is 25.0 Å². The predicted molar refractivity (Wildman–Crippen MR) is 68.9 cm³/mol. The molecule has 1 N–H and O–H groups in total. The third-order valence-corrected chi connectivity index (χ3v) is 4.29. The Morgan fingerprint density at radius 1 is 1.41 bits per heavy atom. The summed E-state index contributed by atoms with van der Waals surface area (Å²) in [6.07, 6.45) is 0.922. The zero-order valence-corrected chi connectivity index (χ0v) is 10.7. The van der Waals surface area contributed by atoms with Gasteiger partial charge in [0.2, 0.25) is 0 Å². The average Bonchev–Trinajstić information content (AvgIpc) is 2.97. The summed E-state index contributed by atoms with van der Waals surface area (Å²) < 4.78 is 17.6. The number of fused-ring (bicyclic) bond motifs is 1. The Kier molecular flexibility index (Phi) is 3.81. The van der Waals surface area contributed by atoms with Crippen LogP contribution in [-0.4, -0.2) is 27.5 Å². The van der Waals surface area contributed by atoms with E-state index < -0.39 is 10.8 Å². The summed E-state index contributed by atoms with van der Waals surface area (Å²) in [6, 6.07) is 7.49. The standard InChI is InChI=1S/C11H12N2O2S.ClH/c14-16(8-5-6-12-7-8)11-13-9-3-1-2-4-10(9)15-11;/h1-4,8,12H,5-7H2;1H/t8-,16?;/m0./s1. The maximum absolute atomic E-state index is 12.1. The number of oxazole rings is 1. The van der Waals surface area contributed by atoms with Gasteiger partial charge in [-0.2, -0.15) is 0 Å². The van der Waals surface area contributed by atoms with Gasteiger partial charge >= 0.3 is 0 Å². The van der Waals surface area contributed by atoms with Gasteiger partial charge in [0.05, 0.1) is 5.25 Å². The smallest absolute Gasteiger partial charge is 0.288 e. The summed E-state index contributed by atoms with van der Waals surface area (Å²) in [5.41, 5.74) is 1.48.